The van der Waals surface area contributed by atoms with Crippen molar-refractivity contribution in [1.82, 2.24) is 9.55 Å². The van der Waals surface area contributed by atoms with E-state index < -0.39 is 42.6 Å². The fourth-order valence-electron chi connectivity index (χ4n) is 3.21. The third kappa shape index (κ3) is 3.82. The molecule has 0 radical (unpaired) electrons. The predicted octanol–water partition coefficient (Wildman–Crippen LogP) is 0.806. The van der Waals surface area contributed by atoms with Crippen LogP contribution in [0.25, 0.3) is 0 Å². The summed E-state index contributed by atoms with van der Waals surface area (Å²) in [5, 5.41) is 21.2. The standard InChI is InChI=1S/C18H16ClF2N3O7/c19-9-5-8(6-10-13(9)30-4-3-29-10)15(27)22-12-1-2-24(17(28)23-12)16-18(20,21)14(26)11(7-25)31-16/h1-2,5-6,11,14,16,25-26H,3-4,7H2,(H,22,23,27,28)/t11-,14-,16?/m1/s1. The first-order valence-electron chi connectivity index (χ1n) is 9.04. The number of rotatable bonds is 4. The highest BCUT2D eigenvalue weighted by molar-refractivity contribution is 6.32. The molecule has 1 fully saturated rings. The number of ether oxygens (including phenoxy) is 3. The number of aromatic nitrogens is 2. The average molecular weight is 460 g/mol. The molecule has 1 amide bonds. The van der Waals surface area contributed by atoms with E-state index in [2.05, 4.69) is 10.3 Å². The van der Waals surface area contributed by atoms with Crippen LogP contribution in [-0.4, -0.2) is 63.6 Å². The van der Waals surface area contributed by atoms with Gasteiger partial charge in [-0.25, -0.2) is 4.79 Å². The van der Waals surface area contributed by atoms with Crippen LogP contribution >= 0.6 is 11.6 Å². The third-order valence-corrected chi connectivity index (χ3v) is 5.02. The summed E-state index contributed by atoms with van der Waals surface area (Å²) in [6.45, 7) is -0.256. The van der Waals surface area contributed by atoms with Gasteiger partial charge in [-0.05, 0) is 18.2 Å². The Labute approximate surface area is 177 Å². The molecule has 0 spiro atoms. The molecule has 2 aliphatic rings. The van der Waals surface area contributed by atoms with Gasteiger partial charge in [-0.2, -0.15) is 13.8 Å². The van der Waals surface area contributed by atoms with Crippen LogP contribution in [0.3, 0.4) is 0 Å². The van der Waals surface area contributed by atoms with Crippen molar-refractivity contribution in [2.45, 2.75) is 24.4 Å². The van der Waals surface area contributed by atoms with Gasteiger partial charge < -0.3 is 29.7 Å². The van der Waals surface area contributed by atoms with E-state index in [1.54, 1.807) is 0 Å². The molecule has 166 valence electrons. The number of hydrogen-bond donors (Lipinski definition) is 3. The first-order chi connectivity index (χ1) is 14.7. The van der Waals surface area contributed by atoms with Gasteiger partial charge in [0.1, 0.15) is 25.1 Å². The van der Waals surface area contributed by atoms with Gasteiger partial charge in [-0.1, -0.05) is 11.6 Å². The van der Waals surface area contributed by atoms with Gasteiger partial charge in [-0.3, -0.25) is 9.36 Å². The lowest BCUT2D eigenvalue weighted by atomic mass is 10.1. The first kappa shape index (κ1) is 21.4. The molecule has 1 unspecified atom stereocenters. The van der Waals surface area contributed by atoms with Crippen molar-refractivity contribution < 1.29 is 38.0 Å². The van der Waals surface area contributed by atoms with Crippen LogP contribution in [0, 0.1) is 0 Å². The number of aliphatic hydroxyl groups is 2. The van der Waals surface area contributed by atoms with Crippen molar-refractivity contribution in [1.29, 1.82) is 0 Å². The number of anilines is 1. The molecule has 10 nitrogen and oxygen atoms in total. The zero-order chi connectivity index (χ0) is 22.3. The lowest BCUT2D eigenvalue weighted by molar-refractivity contribution is -0.140. The number of carbonyl (C=O) groups is 1. The third-order valence-electron chi connectivity index (χ3n) is 4.74. The Bertz CT molecular complexity index is 1080. The van der Waals surface area contributed by atoms with Crippen molar-refractivity contribution in [2.75, 3.05) is 25.1 Å². The Morgan fingerprint density at radius 3 is 2.77 bits per heavy atom. The number of hydrogen-bond acceptors (Lipinski definition) is 8. The first-order valence-corrected chi connectivity index (χ1v) is 9.42. The summed E-state index contributed by atoms with van der Waals surface area (Å²) in [7, 11) is 0. The zero-order valence-corrected chi connectivity index (χ0v) is 16.4. The van der Waals surface area contributed by atoms with Crippen molar-refractivity contribution in [2.24, 2.45) is 0 Å². The van der Waals surface area contributed by atoms with E-state index in [0.717, 1.165) is 12.3 Å². The molecule has 3 atom stereocenters. The minimum Gasteiger partial charge on any atom is -0.486 e. The Morgan fingerprint density at radius 2 is 2.10 bits per heavy atom. The number of aliphatic hydroxyl groups excluding tert-OH is 2. The molecule has 13 heteroatoms. The fraction of sp³-hybridized carbons (Fsp3) is 0.389. The summed E-state index contributed by atoms with van der Waals surface area (Å²) in [4.78, 5) is 28.3. The largest absolute Gasteiger partial charge is 0.486 e. The Hall–Kier alpha value is -2.80. The molecule has 2 aliphatic heterocycles. The number of alkyl halides is 2. The number of fused-ring (bicyclic) bond motifs is 1. The van der Waals surface area contributed by atoms with Gasteiger partial charge >= 0.3 is 11.6 Å². The molecule has 0 aliphatic carbocycles. The predicted molar refractivity (Wildman–Crippen MR) is 101 cm³/mol. The van der Waals surface area contributed by atoms with Crippen LogP contribution in [0.4, 0.5) is 14.6 Å². The number of benzene rings is 1. The number of carbonyl (C=O) groups excluding carboxylic acids is 1. The molecule has 31 heavy (non-hydrogen) atoms. The second-order valence-corrected chi connectivity index (χ2v) is 7.18. The number of nitrogens with one attached hydrogen (secondary N) is 1. The van der Waals surface area contributed by atoms with Crippen LogP contribution in [0.2, 0.25) is 5.02 Å². The van der Waals surface area contributed by atoms with E-state index in [4.69, 9.17) is 30.9 Å². The summed E-state index contributed by atoms with van der Waals surface area (Å²) in [6, 6.07) is 3.85. The molecular weight excluding hydrogens is 444 g/mol. The van der Waals surface area contributed by atoms with E-state index in [1.165, 1.54) is 12.1 Å². The molecule has 0 saturated carbocycles. The van der Waals surface area contributed by atoms with E-state index in [1.807, 2.05) is 0 Å². The quantitative estimate of drug-likeness (QED) is 0.612. The summed E-state index contributed by atoms with van der Waals surface area (Å²) in [5.41, 5.74) is -1.06. The van der Waals surface area contributed by atoms with Crippen molar-refractivity contribution in [3.63, 3.8) is 0 Å². The average Bonchev–Trinajstić information content (AvgIpc) is 2.97. The Morgan fingerprint density at radius 1 is 1.35 bits per heavy atom. The van der Waals surface area contributed by atoms with Gasteiger partial charge in [0, 0.05) is 11.8 Å². The molecule has 1 aromatic heterocycles. The topological polar surface area (TPSA) is 132 Å². The molecule has 4 rings (SSSR count). The Kier molecular flexibility index (Phi) is 5.56. The fourth-order valence-corrected chi connectivity index (χ4v) is 3.47. The monoisotopic (exact) mass is 459 g/mol. The number of amides is 1. The molecule has 2 aromatic rings. The van der Waals surface area contributed by atoms with Gasteiger partial charge in [-0.15, -0.1) is 0 Å². The van der Waals surface area contributed by atoms with Gasteiger partial charge in [0.15, 0.2) is 17.6 Å². The second kappa shape index (κ2) is 8.04. The highest BCUT2D eigenvalue weighted by Gasteiger charge is 2.59. The molecule has 3 heterocycles. The van der Waals surface area contributed by atoms with Gasteiger partial charge in [0.05, 0.1) is 11.6 Å². The summed E-state index contributed by atoms with van der Waals surface area (Å²) < 4.78 is 44.6. The normalized spacial score (nSPS) is 24.1. The highest BCUT2D eigenvalue weighted by atomic mass is 35.5. The minimum absolute atomic E-state index is 0.0970. The smallest absolute Gasteiger partial charge is 0.351 e. The van der Waals surface area contributed by atoms with Crippen molar-refractivity contribution in [3.8, 4) is 11.5 Å². The van der Waals surface area contributed by atoms with Crippen molar-refractivity contribution >= 4 is 23.3 Å². The highest BCUT2D eigenvalue weighted by Crippen LogP contribution is 2.42. The maximum Gasteiger partial charge on any atom is 0.351 e. The minimum atomic E-state index is -3.84. The van der Waals surface area contributed by atoms with E-state index in [9.17, 15) is 23.5 Å². The maximum atomic E-state index is 14.2. The summed E-state index contributed by atoms with van der Waals surface area (Å²) in [5.74, 6) is -4.14. The van der Waals surface area contributed by atoms with Crippen LogP contribution in [0.15, 0.2) is 29.2 Å². The lowest BCUT2D eigenvalue weighted by Gasteiger charge is -2.21. The maximum absolute atomic E-state index is 14.2. The molecular formula is C18H16ClF2N3O7. The molecule has 0 bridgehead atoms. The van der Waals surface area contributed by atoms with Crippen LogP contribution in [0.5, 0.6) is 11.5 Å². The number of halogens is 3. The van der Waals surface area contributed by atoms with E-state index in [-0.39, 0.29) is 28.8 Å². The second-order valence-electron chi connectivity index (χ2n) is 6.77. The Balaban J connectivity index is 1.55. The summed E-state index contributed by atoms with van der Waals surface area (Å²) >= 11 is 6.10. The lowest BCUT2D eigenvalue weighted by Crippen LogP contribution is -2.41. The van der Waals surface area contributed by atoms with Gasteiger partial charge in [0.25, 0.3) is 5.91 Å². The van der Waals surface area contributed by atoms with Crippen molar-refractivity contribution in [3.05, 3.63) is 45.5 Å². The SMILES string of the molecule is O=C(Nc1ccn(C2O[C@H](CO)[C@@H](O)C2(F)F)c(=O)n1)c1cc(Cl)c2c(c1)OCCO2. The van der Waals surface area contributed by atoms with Crippen LogP contribution in [0.1, 0.15) is 16.6 Å². The zero-order valence-electron chi connectivity index (χ0n) is 15.6. The van der Waals surface area contributed by atoms with Crippen LogP contribution < -0.4 is 20.5 Å². The van der Waals surface area contributed by atoms with Crippen LogP contribution in [-0.2, 0) is 4.74 Å². The number of nitrogens with zero attached hydrogens (tertiary/aromatic N) is 2. The molecule has 1 aromatic carbocycles. The van der Waals surface area contributed by atoms with Gasteiger partial charge in [0.2, 0.25) is 6.23 Å². The van der Waals surface area contributed by atoms with E-state index in [0.29, 0.717) is 16.9 Å². The molecule has 1 saturated heterocycles. The van der Waals surface area contributed by atoms with E-state index >= 15 is 0 Å². The molecule has 3 N–H and O–H groups in total. The summed E-state index contributed by atoms with van der Waals surface area (Å²) in [6.07, 6.45) is -5.09.